The van der Waals surface area contributed by atoms with E-state index in [2.05, 4.69) is 15.6 Å². The summed E-state index contributed by atoms with van der Waals surface area (Å²) >= 11 is 2.19. The van der Waals surface area contributed by atoms with Crippen molar-refractivity contribution < 1.29 is 14.0 Å². The number of carbonyl (C=O) groups excluding carboxylic acids is 2. The van der Waals surface area contributed by atoms with Crippen LogP contribution in [0.4, 0.5) is 15.2 Å². The summed E-state index contributed by atoms with van der Waals surface area (Å²) in [7, 11) is 0. The van der Waals surface area contributed by atoms with Gasteiger partial charge in [0.1, 0.15) is 12.4 Å². The molecule has 0 bridgehead atoms. The van der Waals surface area contributed by atoms with Crippen molar-refractivity contribution in [1.82, 2.24) is 9.55 Å². The number of nitrogens with one attached hydrogen (secondary N) is 2. The molecule has 2 heterocycles. The van der Waals surface area contributed by atoms with E-state index in [1.165, 1.54) is 23.6 Å². The molecule has 0 atom stereocenters. The molecule has 3 aromatic rings. The summed E-state index contributed by atoms with van der Waals surface area (Å²) in [5.41, 5.74) is 1.68. The second-order valence-electron chi connectivity index (χ2n) is 5.69. The number of hydrogen-bond donors (Lipinski definition) is 2. The first-order valence-electron chi connectivity index (χ1n) is 7.81. The fraction of sp³-hybridized carbons (Fsp3) is 0.176. The number of amides is 2. The molecule has 0 radical (unpaired) electrons. The van der Waals surface area contributed by atoms with E-state index in [0.717, 1.165) is 22.7 Å². The van der Waals surface area contributed by atoms with Gasteiger partial charge in [0.05, 0.1) is 5.69 Å². The van der Waals surface area contributed by atoms with Crippen LogP contribution in [0.15, 0.2) is 33.8 Å². The summed E-state index contributed by atoms with van der Waals surface area (Å²) in [4.78, 5) is 38.9. The Labute approximate surface area is 161 Å². The first kappa shape index (κ1) is 18.9. The lowest BCUT2D eigenvalue weighted by molar-refractivity contribution is -0.117. The van der Waals surface area contributed by atoms with Crippen molar-refractivity contribution in [2.24, 2.45) is 0 Å². The van der Waals surface area contributed by atoms with Gasteiger partial charge in [0.2, 0.25) is 11.8 Å². The highest BCUT2D eigenvalue weighted by Crippen LogP contribution is 2.28. The lowest BCUT2D eigenvalue weighted by atomic mass is 10.1. The summed E-state index contributed by atoms with van der Waals surface area (Å²) in [6.45, 7) is 2.98. The molecule has 2 amide bonds. The largest absolute Gasteiger partial charge is 0.326 e. The zero-order chi connectivity index (χ0) is 19.6. The summed E-state index contributed by atoms with van der Waals surface area (Å²) in [5, 5.41) is 8.73. The molecule has 0 spiro atoms. The molecule has 10 heteroatoms. The van der Waals surface area contributed by atoms with E-state index in [1.54, 1.807) is 23.8 Å². The smallest absolute Gasteiger partial charge is 0.307 e. The van der Waals surface area contributed by atoms with Crippen LogP contribution in [-0.4, -0.2) is 21.4 Å². The second kappa shape index (κ2) is 7.80. The minimum Gasteiger partial charge on any atom is -0.326 e. The Kier molecular flexibility index (Phi) is 5.47. The summed E-state index contributed by atoms with van der Waals surface area (Å²) < 4.78 is 15.7. The molecule has 0 saturated carbocycles. The first-order chi connectivity index (χ1) is 12.8. The van der Waals surface area contributed by atoms with Gasteiger partial charge in [-0.2, -0.15) is 0 Å². The molecule has 1 aromatic carbocycles. The van der Waals surface area contributed by atoms with E-state index in [9.17, 15) is 18.8 Å². The number of aryl methyl sites for hydroxylation is 1. The third kappa shape index (κ3) is 4.47. The van der Waals surface area contributed by atoms with E-state index >= 15 is 0 Å². The van der Waals surface area contributed by atoms with Crippen molar-refractivity contribution in [2.75, 3.05) is 10.6 Å². The molecule has 7 nitrogen and oxygen atoms in total. The maximum absolute atomic E-state index is 14.3. The SMILES string of the molecule is CC(=O)Nc1ccc(-c2csc(NC(=O)Cn3c(C)csc3=O)n2)c(F)c1. The van der Waals surface area contributed by atoms with E-state index < -0.39 is 5.82 Å². The van der Waals surface area contributed by atoms with Gasteiger partial charge in [-0.15, -0.1) is 11.3 Å². The molecule has 0 unspecified atom stereocenters. The Hall–Kier alpha value is -2.85. The molecular weight excluding hydrogens is 391 g/mol. The fourth-order valence-electron chi connectivity index (χ4n) is 2.36. The van der Waals surface area contributed by atoms with Crippen LogP contribution in [0.5, 0.6) is 0 Å². The molecule has 2 aromatic heterocycles. The minimum atomic E-state index is -0.537. The third-order valence-corrected chi connectivity index (χ3v) is 5.23. The van der Waals surface area contributed by atoms with E-state index in [0.29, 0.717) is 22.2 Å². The van der Waals surface area contributed by atoms with Gasteiger partial charge < -0.3 is 10.6 Å². The Morgan fingerprint density at radius 1 is 1.22 bits per heavy atom. The average Bonchev–Trinajstić information content (AvgIpc) is 3.16. The summed E-state index contributed by atoms with van der Waals surface area (Å²) in [6, 6.07) is 4.29. The molecule has 3 rings (SSSR count). The van der Waals surface area contributed by atoms with Crippen molar-refractivity contribution in [3.05, 3.63) is 50.1 Å². The van der Waals surface area contributed by atoms with Crippen molar-refractivity contribution in [1.29, 1.82) is 0 Å². The van der Waals surface area contributed by atoms with Gasteiger partial charge in [-0.3, -0.25) is 19.0 Å². The molecule has 0 aliphatic carbocycles. The number of aromatic nitrogens is 2. The monoisotopic (exact) mass is 406 g/mol. The van der Waals surface area contributed by atoms with E-state index in [1.807, 2.05) is 0 Å². The van der Waals surface area contributed by atoms with Crippen molar-refractivity contribution in [2.45, 2.75) is 20.4 Å². The number of halogens is 1. The number of nitrogens with zero attached hydrogens (tertiary/aromatic N) is 2. The van der Waals surface area contributed by atoms with Crippen LogP contribution >= 0.6 is 22.7 Å². The number of hydrogen-bond acceptors (Lipinski definition) is 6. The number of anilines is 2. The van der Waals surface area contributed by atoms with Crippen LogP contribution in [0.1, 0.15) is 12.6 Å². The van der Waals surface area contributed by atoms with Gasteiger partial charge in [0.15, 0.2) is 5.13 Å². The zero-order valence-electron chi connectivity index (χ0n) is 14.4. The number of thiazole rings is 2. The third-order valence-electron chi connectivity index (χ3n) is 3.59. The molecule has 140 valence electrons. The quantitative estimate of drug-likeness (QED) is 0.681. The van der Waals surface area contributed by atoms with Crippen molar-refractivity contribution in [3.63, 3.8) is 0 Å². The van der Waals surface area contributed by atoms with Gasteiger partial charge in [0.25, 0.3) is 0 Å². The molecular formula is C17H15FN4O3S2. The predicted octanol–water partition coefficient (Wildman–Crippen LogP) is 3.08. The fourth-order valence-corrected chi connectivity index (χ4v) is 3.82. The Morgan fingerprint density at radius 2 is 2.00 bits per heavy atom. The number of carbonyl (C=O) groups is 2. The van der Waals surface area contributed by atoms with Gasteiger partial charge in [0, 0.05) is 34.6 Å². The van der Waals surface area contributed by atoms with Gasteiger partial charge >= 0.3 is 4.87 Å². The van der Waals surface area contributed by atoms with Crippen LogP contribution in [-0.2, 0) is 16.1 Å². The molecule has 0 saturated heterocycles. The predicted molar refractivity (Wildman–Crippen MR) is 104 cm³/mol. The maximum Gasteiger partial charge on any atom is 0.307 e. The maximum atomic E-state index is 14.3. The second-order valence-corrected chi connectivity index (χ2v) is 7.37. The summed E-state index contributed by atoms with van der Waals surface area (Å²) in [6.07, 6.45) is 0. The van der Waals surface area contributed by atoms with Gasteiger partial charge in [-0.25, -0.2) is 9.37 Å². The van der Waals surface area contributed by atoms with Crippen molar-refractivity contribution in [3.8, 4) is 11.3 Å². The highest BCUT2D eigenvalue weighted by molar-refractivity contribution is 7.14. The van der Waals surface area contributed by atoms with Crippen LogP contribution in [0.3, 0.4) is 0 Å². The Balaban J connectivity index is 1.72. The Morgan fingerprint density at radius 3 is 2.63 bits per heavy atom. The Bertz CT molecular complexity index is 1070. The van der Waals surface area contributed by atoms with E-state index in [4.69, 9.17) is 0 Å². The number of benzene rings is 1. The van der Waals surface area contributed by atoms with Crippen LogP contribution < -0.4 is 15.5 Å². The average molecular weight is 406 g/mol. The first-order valence-corrected chi connectivity index (χ1v) is 9.57. The number of rotatable bonds is 5. The van der Waals surface area contributed by atoms with E-state index in [-0.39, 0.29) is 28.8 Å². The lowest BCUT2D eigenvalue weighted by Crippen LogP contribution is -2.25. The van der Waals surface area contributed by atoms with Crippen LogP contribution in [0.2, 0.25) is 0 Å². The molecule has 2 N–H and O–H groups in total. The highest BCUT2D eigenvalue weighted by Gasteiger charge is 2.14. The standard InChI is InChI=1S/C17H15FN4O3S2/c1-9-7-27-17(25)22(9)6-15(24)21-16-20-14(8-26-16)12-4-3-11(5-13(12)18)19-10(2)23/h3-5,7-8H,6H2,1-2H3,(H,19,23)(H,20,21,24). The van der Waals surface area contributed by atoms with Crippen LogP contribution in [0.25, 0.3) is 11.3 Å². The minimum absolute atomic E-state index is 0.108. The van der Waals surface area contributed by atoms with Gasteiger partial charge in [-0.05, 0) is 25.1 Å². The molecule has 27 heavy (non-hydrogen) atoms. The highest BCUT2D eigenvalue weighted by atomic mass is 32.1. The molecule has 0 fully saturated rings. The molecule has 0 aliphatic heterocycles. The topological polar surface area (TPSA) is 93.1 Å². The lowest BCUT2D eigenvalue weighted by Gasteiger charge is -2.05. The van der Waals surface area contributed by atoms with Gasteiger partial charge in [-0.1, -0.05) is 11.3 Å². The summed E-state index contributed by atoms with van der Waals surface area (Å²) in [5.74, 6) is -1.22. The van der Waals surface area contributed by atoms with Crippen LogP contribution in [0, 0.1) is 12.7 Å². The van der Waals surface area contributed by atoms with Crippen molar-refractivity contribution >= 4 is 45.3 Å². The molecule has 0 aliphatic rings. The normalized spacial score (nSPS) is 10.6. The zero-order valence-corrected chi connectivity index (χ0v) is 16.0.